The average Bonchev–Trinajstić information content (AvgIpc) is 4.01. The Morgan fingerprint density at radius 3 is 2.39 bits per heavy atom. The molecule has 4 aliphatic rings. The van der Waals surface area contributed by atoms with Gasteiger partial charge in [-0.2, -0.15) is 13.2 Å². The zero-order valence-corrected chi connectivity index (χ0v) is 33.0. The van der Waals surface area contributed by atoms with Crippen molar-refractivity contribution in [3.05, 3.63) is 42.6 Å². The number of hydrogen-bond donors (Lipinski definition) is 3. The van der Waals surface area contributed by atoms with E-state index >= 15 is 0 Å². The zero-order chi connectivity index (χ0) is 41.9. The summed E-state index contributed by atoms with van der Waals surface area (Å²) in [6, 6.07) is 3.46. The van der Waals surface area contributed by atoms with Gasteiger partial charge in [-0.05, 0) is 57.4 Å². The van der Waals surface area contributed by atoms with E-state index in [-0.39, 0.29) is 48.8 Å². The van der Waals surface area contributed by atoms with Gasteiger partial charge in [0.05, 0.1) is 19.9 Å². The number of carbonyl (C=O) groups excluding carboxylic acids is 3. The molecule has 3 fully saturated rings. The van der Waals surface area contributed by atoms with Crippen molar-refractivity contribution in [3.8, 4) is 11.6 Å². The summed E-state index contributed by atoms with van der Waals surface area (Å²) in [5.74, 6) is -4.67. The Morgan fingerprint density at radius 1 is 1.11 bits per heavy atom. The maximum absolute atomic E-state index is 14.9. The first-order chi connectivity index (χ1) is 26.6. The van der Waals surface area contributed by atoms with Gasteiger partial charge in [0.1, 0.15) is 35.0 Å². The average molecular weight is 826 g/mol. The number of alkyl halides is 4. The number of nitrogens with one attached hydrogen (secondary N) is 2. The van der Waals surface area contributed by atoms with Gasteiger partial charge < -0.3 is 24.8 Å². The van der Waals surface area contributed by atoms with E-state index in [2.05, 4.69) is 10.3 Å². The third-order valence-electron chi connectivity index (χ3n) is 11.7. The first kappa shape index (κ1) is 41.9. The number of benzene rings is 1. The molecular formula is C38H47F4N5O9S. The van der Waals surface area contributed by atoms with Gasteiger partial charge in [0.25, 0.3) is 15.9 Å². The number of allylic oxidation sites excluding steroid dienone is 1. The van der Waals surface area contributed by atoms with E-state index in [4.69, 9.17) is 9.47 Å². The number of rotatable bonds is 8. The number of carboxylic acid groups (broad SMARTS) is 1. The fourth-order valence-electron chi connectivity index (χ4n) is 8.03. The predicted octanol–water partition coefficient (Wildman–Crippen LogP) is 5.07. The van der Waals surface area contributed by atoms with E-state index in [1.165, 1.54) is 20.2 Å². The molecule has 3 heterocycles. The number of methoxy groups -OCH3 is 1. The second-order valence-electron chi connectivity index (χ2n) is 16.2. The van der Waals surface area contributed by atoms with Crippen LogP contribution in [0, 0.1) is 17.8 Å². The van der Waals surface area contributed by atoms with Crippen LogP contribution in [0.3, 0.4) is 0 Å². The van der Waals surface area contributed by atoms with Crippen LogP contribution in [0.25, 0.3) is 10.8 Å². The normalized spacial score (nSPS) is 29.2. The lowest BCUT2D eigenvalue weighted by Crippen LogP contribution is -2.66. The van der Waals surface area contributed by atoms with Gasteiger partial charge in [0, 0.05) is 36.0 Å². The van der Waals surface area contributed by atoms with Crippen LogP contribution >= 0.6 is 0 Å². The summed E-state index contributed by atoms with van der Waals surface area (Å²) in [7, 11) is -3.32. The number of fused-ring (bicyclic) bond motifs is 3. The molecule has 0 unspecified atom stereocenters. The molecule has 2 aliphatic heterocycles. The van der Waals surface area contributed by atoms with Crippen LogP contribution in [-0.2, 0) is 24.4 Å². The number of amides is 4. The minimum absolute atomic E-state index is 0.0694. The third kappa shape index (κ3) is 7.82. The van der Waals surface area contributed by atoms with E-state index in [0.717, 1.165) is 4.90 Å². The Kier molecular flexibility index (Phi) is 11.0. The molecule has 1 saturated heterocycles. The van der Waals surface area contributed by atoms with Gasteiger partial charge in [-0.3, -0.25) is 19.3 Å². The number of nitrogens with zero attached hydrogens (tertiary/aromatic N) is 3. The molecule has 6 rings (SSSR count). The Hall–Kier alpha value is -4.68. The van der Waals surface area contributed by atoms with Crippen LogP contribution in [0.2, 0.25) is 0 Å². The topological polar surface area (TPSA) is 185 Å². The van der Waals surface area contributed by atoms with Crippen LogP contribution in [0.1, 0.15) is 72.6 Å². The summed E-state index contributed by atoms with van der Waals surface area (Å²) in [5.41, 5.74) is -4.94. The first-order valence-electron chi connectivity index (χ1n) is 18.8. The Balaban J connectivity index is 1.43. The fraction of sp³-hybridized carbons (Fsp3) is 0.605. The second kappa shape index (κ2) is 14.9. The molecule has 19 heteroatoms. The van der Waals surface area contributed by atoms with Gasteiger partial charge in [-0.25, -0.2) is 27.3 Å². The standard InChI is InChI=1S/C38H47F4N5O9S/c1-21-10-6-7-11-23-18-37(23,33(50)45-57(53,54)36(39)14-15-36)44-30(48)27-17-24(56-31-26-13-9-8-12-25(26)28(55-5)19-43-31)20-46(27)32(49)29(22(2)16-21)47(34(51)52)35(3,4)38(40,41)42/h7-9,11-13,19,21-24,27,29H,6,10,14-18,20H2,1-5H3,(H,44,48)(H,45,50)(H,51,52)/t21-,22+,23+,24+,27-,29-,37+/m0/s1. The molecule has 0 spiro atoms. The summed E-state index contributed by atoms with van der Waals surface area (Å²) in [6.07, 6.45) is -3.34. The molecule has 3 N–H and O–H groups in total. The minimum Gasteiger partial charge on any atom is -0.494 e. The third-order valence-corrected chi connectivity index (χ3v) is 13.6. The number of aromatic nitrogens is 1. The number of carbonyl (C=O) groups is 4. The lowest BCUT2D eigenvalue weighted by atomic mass is 9.85. The number of halogens is 4. The van der Waals surface area contributed by atoms with Crippen molar-refractivity contribution in [1.29, 1.82) is 0 Å². The van der Waals surface area contributed by atoms with Crippen LogP contribution in [0.4, 0.5) is 22.4 Å². The molecule has 312 valence electrons. The first-order valence-corrected chi connectivity index (χ1v) is 20.3. The van der Waals surface area contributed by atoms with Crippen molar-refractivity contribution in [3.63, 3.8) is 0 Å². The fourth-order valence-corrected chi connectivity index (χ4v) is 9.28. The van der Waals surface area contributed by atoms with Crippen molar-refractivity contribution >= 4 is 44.6 Å². The number of ether oxygens (including phenoxy) is 2. The molecule has 7 atom stereocenters. The largest absolute Gasteiger partial charge is 0.494 e. The van der Waals surface area contributed by atoms with Gasteiger partial charge >= 0.3 is 12.3 Å². The van der Waals surface area contributed by atoms with Crippen LogP contribution in [-0.4, -0.2) is 106 Å². The van der Waals surface area contributed by atoms with Crippen molar-refractivity contribution in [2.45, 2.75) is 113 Å². The highest BCUT2D eigenvalue weighted by atomic mass is 32.2. The summed E-state index contributed by atoms with van der Waals surface area (Å²) in [6.45, 7) is 4.23. The lowest BCUT2D eigenvalue weighted by Gasteiger charge is -2.45. The van der Waals surface area contributed by atoms with Crippen LogP contribution in [0.15, 0.2) is 42.6 Å². The smallest absolute Gasteiger partial charge is 0.411 e. The maximum Gasteiger partial charge on any atom is 0.411 e. The van der Waals surface area contributed by atoms with E-state index in [1.54, 1.807) is 41.1 Å². The maximum atomic E-state index is 14.9. The van der Waals surface area contributed by atoms with Crippen molar-refractivity contribution in [2.75, 3.05) is 13.7 Å². The summed E-state index contributed by atoms with van der Waals surface area (Å²) in [5, 5.41) is 11.5. The molecule has 57 heavy (non-hydrogen) atoms. The number of sulfonamides is 1. The van der Waals surface area contributed by atoms with Gasteiger partial charge in [0.2, 0.25) is 22.7 Å². The lowest BCUT2D eigenvalue weighted by molar-refractivity contribution is -0.222. The Morgan fingerprint density at radius 2 is 1.77 bits per heavy atom. The molecular weight excluding hydrogens is 779 g/mol. The summed E-state index contributed by atoms with van der Waals surface area (Å²) >= 11 is 0. The molecule has 4 amide bonds. The van der Waals surface area contributed by atoms with E-state index < -0.39 is 92.7 Å². The van der Waals surface area contributed by atoms with E-state index in [1.807, 2.05) is 6.92 Å². The van der Waals surface area contributed by atoms with Crippen molar-refractivity contribution in [2.24, 2.45) is 17.8 Å². The molecule has 2 aromatic rings. The SMILES string of the molecule is COc1cnc(O[C@@H]2C[C@H]3C(=O)N[C@]4(C(=O)NS(=O)(=O)C5(F)CC5)C[C@H]4C=CCC[C@H](C)C[C@@H](C)[C@H](N(C(=O)O)C(C)(C)C(F)(F)F)C(=O)N3C2)c2ccccc12. The van der Waals surface area contributed by atoms with E-state index in [0.29, 0.717) is 43.2 Å². The monoisotopic (exact) mass is 825 g/mol. The van der Waals surface area contributed by atoms with Crippen molar-refractivity contribution < 1.29 is 59.7 Å². The second-order valence-corrected chi connectivity index (χ2v) is 18.2. The number of pyridine rings is 1. The van der Waals surface area contributed by atoms with Crippen LogP contribution in [0.5, 0.6) is 11.6 Å². The Labute approximate surface area is 327 Å². The van der Waals surface area contributed by atoms with Gasteiger partial charge in [-0.1, -0.05) is 44.2 Å². The Bertz CT molecular complexity index is 2080. The van der Waals surface area contributed by atoms with Crippen molar-refractivity contribution in [1.82, 2.24) is 24.8 Å². The zero-order valence-electron chi connectivity index (χ0n) is 32.1. The predicted molar refractivity (Wildman–Crippen MR) is 197 cm³/mol. The summed E-state index contributed by atoms with van der Waals surface area (Å²) in [4.78, 5) is 61.4. The molecule has 0 bridgehead atoms. The number of hydrogen-bond acceptors (Lipinski definition) is 9. The van der Waals surface area contributed by atoms with E-state index in [9.17, 15) is 50.3 Å². The molecule has 2 aliphatic carbocycles. The highest BCUT2D eigenvalue weighted by Gasteiger charge is 2.65. The molecule has 0 radical (unpaired) electrons. The molecule has 1 aromatic carbocycles. The quantitative estimate of drug-likeness (QED) is 0.240. The molecule has 2 saturated carbocycles. The molecule has 14 nitrogen and oxygen atoms in total. The highest BCUT2D eigenvalue weighted by molar-refractivity contribution is 7.91. The molecule has 1 aromatic heterocycles. The van der Waals surface area contributed by atoms with Gasteiger partial charge in [-0.15, -0.1) is 0 Å². The van der Waals surface area contributed by atoms with Gasteiger partial charge in [0.15, 0.2) is 0 Å². The van der Waals surface area contributed by atoms with Crippen LogP contribution < -0.4 is 19.5 Å². The summed E-state index contributed by atoms with van der Waals surface area (Å²) < 4.78 is 97.9. The minimum atomic E-state index is -5.12. The highest BCUT2D eigenvalue weighted by Crippen LogP contribution is 2.48.